The average Bonchev–Trinajstić information content (AvgIpc) is 3.67. The van der Waals surface area contributed by atoms with Crippen molar-refractivity contribution in [1.82, 2.24) is 5.32 Å². The average molecular weight is 724 g/mol. The molecule has 0 radical (unpaired) electrons. The largest absolute Gasteiger partial charge is 0.508 e. The number of hydrogen-bond acceptors (Lipinski definition) is 5. The molecule has 1 heterocycles. The van der Waals surface area contributed by atoms with E-state index < -0.39 is 0 Å². The number of allylic oxidation sites excluding steroid dienone is 3. The molecule has 3 N–H and O–H groups in total. The Hall–Kier alpha value is -1.66. The molecular formula is C46H61NO2S2. The molecule has 0 aromatic heterocycles. The molecule has 51 heavy (non-hydrogen) atoms. The van der Waals surface area contributed by atoms with E-state index in [1.807, 2.05) is 6.07 Å². The van der Waals surface area contributed by atoms with Crippen LogP contribution in [0.3, 0.4) is 0 Å². The van der Waals surface area contributed by atoms with Crippen molar-refractivity contribution in [2.24, 2.45) is 51.2 Å². The highest BCUT2D eigenvalue weighted by atomic mass is 33.1. The van der Waals surface area contributed by atoms with Crippen LogP contribution in [0.2, 0.25) is 0 Å². The van der Waals surface area contributed by atoms with E-state index in [1.54, 1.807) is 0 Å². The van der Waals surface area contributed by atoms with Gasteiger partial charge in [-0.1, -0.05) is 83.1 Å². The van der Waals surface area contributed by atoms with Crippen LogP contribution in [0, 0.1) is 51.2 Å². The number of phenolic OH excluding ortho intramolecular Hbond substituents is 1. The van der Waals surface area contributed by atoms with Gasteiger partial charge >= 0.3 is 0 Å². The van der Waals surface area contributed by atoms with Crippen molar-refractivity contribution < 1.29 is 10.2 Å². The summed E-state index contributed by atoms with van der Waals surface area (Å²) in [6, 6.07) is 15.9. The van der Waals surface area contributed by atoms with Gasteiger partial charge < -0.3 is 15.5 Å². The number of nitrogens with one attached hydrogen (secondary N) is 1. The molecule has 11 atom stereocenters. The first kappa shape index (κ1) is 35.1. The molecular weight excluding hydrogens is 663 g/mol. The molecule has 2 aromatic rings. The zero-order chi connectivity index (χ0) is 34.8. The molecule has 4 fully saturated rings. The highest BCUT2D eigenvalue weighted by molar-refractivity contribution is 8.77. The topological polar surface area (TPSA) is 52.5 Å². The Bertz CT molecular complexity index is 1670. The lowest BCUT2D eigenvalue weighted by Gasteiger charge is -2.68. The second kappa shape index (κ2) is 13.6. The summed E-state index contributed by atoms with van der Waals surface area (Å²) in [7, 11) is 4.25. The number of aliphatic hydroxyl groups is 1. The summed E-state index contributed by atoms with van der Waals surface area (Å²) < 4.78 is 0. The van der Waals surface area contributed by atoms with Crippen LogP contribution in [0.25, 0.3) is 0 Å². The first-order valence-electron chi connectivity index (χ1n) is 20.6. The van der Waals surface area contributed by atoms with Gasteiger partial charge in [-0.15, -0.1) is 0 Å². The van der Waals surface area contributed by atoms with E-state index in [0.717, 1.165) is 31.1 Å². The number of benzene rings is 2. The van der Waals surface area contributed by atoms with Crippen LogP contribution in [-0.4, -0.2) is 33.9 Å². The van der Waals surface area contributed by atoms with Crippen molar-refractivity contribution in [2.75, 3.05) is 12.4 Å². The van der Waals surface area contributed by atoms with Crippen molar-refractivity contribution in [2.45, 2.75) is 122 Å². The fourth-order valence-electron chi connectivity index (χ4n) is 13.7. The third-order valence-corrected chi connectivity index (χ3v) is 18.6. The van der Waals surface area contributed by atoms with E-state index >= 15 is 0 Å². The molecule has 4 saturated carbocycles. The summed E-state index contributed by atoms with van der Waals surface area (Å²) in [5, 5.41) is 25.8. The van der Waals surface area contributed by atoms with E-state index in [1.165, 1.54) is 99.3 Å². The van der Waals surface area contributed by atoms with Gasteiger partial charge in [0, 0.05) is 35.6 Å². The minimum absolute atomic E-state index is 0.216. The van der Waals surface area contributed by atoms with E-state index in [0.29, 0.717) is 58.1 Å². The summed E-state index contributed by atoms with van der Waals surface area (Å²) in [4.78, 5) is 0. The highest BCUT2D eigenvalue weighted by Crippen LogP contribution is 2.76. The summed E-state index contributed by atoms with van der Waals surface area (Å²) in [5.41, 5.74) is 6.62. The second-order valence-electron chi connectivity index (χ2n) is 19.2. The lowest BCUT2D eigenvalue weighted by molar-refractivity contribution is -0.136. The predicted octanol–water partition coefficient (Wildman–Crippen LogP) is 10.7. The van der Waals surface area contributed by atoms with Crippen molar-refractivity contribution in [1.29, 1.82) is 0 Å². The number of aromatic hydroxyl groups is 1. The zero-order valence-electron chi connectivity index (χ0n) is 31.1. The number of fused-ring (bicyclic) bond motifs is 5. The monoisotopic (exact) mass is 723 g/mol. The lowest BCUT2D eigenvalue weighted by Crippen LogP contribution is -2.61. The van der Waals surface area contributed by atoms with Crippen LogP contribution in [0.15, 0.2) is 66.8 Å². The molecule has 274 valence electrons. The molecule has 5 bridgehead atoms. The molecule has 6 aliphatic carbocycles. The molecule has 5 heteroatoms. The van der Waals surface area contributed by atoms with Gasteiger partial charge in [-0.3, -0.25) is 0 Å². The summed E-state index contributed by atoms with van der Waals surface area (Å²) in [6.45, 7) is 6.14. The van der Waals surface area contributed by atoms with Crippen molar-refractivity contribution in [3.8, 4) is 5.75 Å². The maximum absolute atomic E-state index is 11.2. The Morgan fingerprint density at radius 2 is 1.73 bits per heavy atom. The minimum atomic E-state index is 0.216. The van der Waals surface area contributed by atoms with Crippen molar-refractivity contribution >= 4 is 21.6 Å². The maximum atomic E-state index is 11.2. The summed E-state index contributed by atoms with van der Waals surface area (Å²) in [5.74, 6) is 4.77. The van der Waals surface area contributed by atoms with Gasteiger partial charge in [0.15, 0.2) is 0 Å². The van der Waals surface area contributed by atoms with E-state index in [4.69, 9.17) is 0 Å². The third-order valence-electron chi connectivity index (χ3n) is 15.6. The van der Waals surface area contributed by atoms with Gasteiger partial charge in [-0.2, -0.15) is 0 Å². The Morgan fingerprint density at radius 1 is 0.882 bits per heavy atom. The number of aliphatic hydroxyl groups excluding tert-OH is 1. The first-order valence-corrected chi connectivity index (χ1v) is 23.0. The minimum Gasteiger partial charge on any atom is -0.508 e. The standard InChI is InChI=1S/C46H61NO2S2/c1-31-6-5-11-45(22-31)30-44(15-14-43(29-44)12-9-33(23-43)27-48)25-41-38-18-35-16-34(19-40(49)20-35)17-36-7-3-4-8-37(36)26-47-32(2)28-50-51-42-10-13-46(41,45)24-39(42)21-38/h3-5,7-8,10-11,13,16,19-20,31-33,38-39,41-42,47-49H,6,9,12,14-15,17-18,21-30H2,1-2H3/t31-,32+,33-,38-,39-,41-,42-,43-,44+,45-,46+/m0/s1. The molecule has 2 aromatic carbocycles. The number of hydrogen-bond donors (Lipinski definition) is 3. The van der Waals surface area contributed by atoms with Gasteiger partial charge in [0.25, 0.3) is 0 Å². The molecule has 1 aliphatic heterocycles. The molecule has 0 saturated heterocycles. The van der Waals surface area contributed by atoms with Crippen LogP contribution in [0.1, 0.15) is 113 Å². The Kier molecular flexibility index (Phi) is 9.33. The quantitative estimate of drug-likeness (QED) is 0.202. The number of phenols is 1. The van der Waals surface area contributed by atoms with Crippen LogP contribution >= 0.6 is 21.6 Å². The molecule has 0 amide bonds. The predicted molar refractivity (Wildman–Crippen MR) is 215 cm³/mol. The van der Waals surface area contributed by atoms with Crippen LogP contribution in [0.5, 0.6) is 5.75 Å². The van der Waals surface area contributed by atoms with Gasteiger partial charge in [0.1, 0.15) is 5.75 Å². The van der Waals surface area contributed by atoms with Crippen molar-refractivity contribution in [3.05, 3.63) is 89.0 Å². The van der Waals surface area contributed by atoms with E-state index in [9.17, 15) is 10.2 Å². The Balaban J connectivity index is 1.13. The molecule has 7 aliphatic rings. The normalized spacial score (nSPS) is 43.4. The molecule has 4 spiro atoms. The fraction of sp³-hybridized carbons (Fsp3) is 0.652. The van der Waals surface area contributed by atoms with Gasteiger partial charge in [0.05, 0.1) is 0 Å². The Labute approximate surface area is 315 Å². The van der Waals surface area contributed by atoms with Gasteiger partial charge in [-0.25, -0.2) is 0 Å². The molecule has 0 unspecified atom stereocenters. The van der Waals surface area contributed by atoms with Gasteiger partial charge in [0.2, 0.25) is 0 Å². The third kappa shape index (κ3) is 6.40. The SMILES string of the molecule is C[C@H]1CC=C[C@]2(C1)C[C@]1(CC[C@]3(CC[C@H](CO)C3)C1)C[C@H]1[C@H]3Cc4cc(O)cc(c4)Cc4ccccc4CN[C@H](C)CSS[C@H]4C=C[C@@]12C[C@@H]4C3. The second-order valence-corrected chi connectivity index (χ2v) is 21.8. The van der Waals surface area contributed by atoms with Crippen LogP contribution in [0.4, 0.5) is 0 Å². The lowest BCUT2D eigenvalue weighted by atomic mass is 9.36. The van der Waals surface area contributed by atoms with Crippen molar-refractivity contribution in [3.63, 3.8) is 0 Å². The van der Waals surface area contributed by atoms with Gasteiger partial charge in [-0.05, 0) is 177 Å². The van der Waals surface area contributed by atoms with Crippen LogP contribution in [-0.2, 0) is 19.4 Å². The first-order chi connectivity index (χ1) is 24.7. The van der Waals surface area contributed by atoms with E-state index in [2.05, 4.69) is 101 Å². The zero-order valence-corrected chi connectivity index (χ0v) is 32.8. The summed E-state index contributed by atoms with van der Waals surface area (Å²) >= 11 is 0. The highest BCUT2D eigenvalue weighted by Gasteiger charge is 2.67. The summed E-state index contributed by atoms with van der Waals surface area (Å²) in [6.07, 6.45) is 28.8. The molecule has 9 rings (SSSR count). The fourth-order valence-corrected chi connectivity index (χ4v) is 16.8. The smallest absolute Gasteiger partial charge is 0.116 e. The van der Waals surface area contributed by atoms with Crippen LogP contribution < -0.4 is 5.32 Å². The number of rotatable bonds is 1. The maximum Gasteiger partial charge on any atom is 0.116 e. The Morgan fingerprint density at radius 3 is 2.57 bits per heavy atom. The van der Waals surface area contributed by atoms with E-state index in [-0.39, 0.29) is 10.8 Å². The molecule has 3 nitrogen and oxygen atoms in total.